The normalized spacial score (nSPS) is 12.6. The molecule has 1 N–H and O–H groups in total. The van der Waals surface area contributed by atoms with E-state index < -0.39 is 0 Å². The highest BCUT2D eigenvalue weighted by molar-refractivity contribution is 9.10. The highest BCUT2D eigenvalue weighted by Gasteiger charge is 2.20. The highest BCUT2D eigenvalue weighted by Crippen LogP contribution is 2.32. The maximum absolute atomic E-state index is 9.72. The molecule has 4 nitrogen and oxygen atoms in total. The first-order chi connectivity index (χ1) is 13.1. The lowest BCUT2D eigenvalue weighted by Crippen LogP contribution is -2.12. The second-order valence-electron chi connectivity index (χ2n) is 6.30. The number of aromatic nitrogens is 1. The lowest BCUT2D eigenvalue weighted by atomic mass is 9.83. The zero-order valence-corrected chi connectivity index (χ0v) is 16.8. The van der Waals surface area contributed by atoms with Gasteiger partial charge in [0, 0.05) is 34.6 Å². The van der Waals surface area contributed by atoms with Crippen molar-refractivity contribution >= 4 is 21.6 Å². The average molecular weight is 425 g/mol. The van der Waals surface area contributed by atoms with Crippen molar-refractivity contribution in [1.82, 2.24) is 4.98 Å². The average Bonchev–Trinajstić information content (AvgIpc) is 2.71. The number of pyridine rings is 1. The van der Waals surface area contributed by atoms with Crippen LogP contribution in [-0.4, -0.2) is 23.0 Å². The molecule has 0 saturated heterocycles. The lowest BCUT2D eigenvalue weighted by Gasteiger charge is -2.21. The van der Waals surface area contributed by atoms with Crippen LogP contribution >= 0.6 is 15.9 Å². The van der Waals surface area contributed by atoms with E-state index in [-0.39, 0.29) is 5.92 Å². The van der Waals surface area contributed by atoms with Crippen LogP contribution in [0.15, 0.2) is 76.5 Å². The van der Waals surface area contributed by atoms with Crippen LogP contribution in [0.2, 0.25) is 0 Å². The Hall–Kier alpha value is -2.66. The molecule has 0 bridgehead atoms. The fourth-order valence-electron chi connectivity index (χ4n) is 3.19. The fourth-order valence-corrected chi connectivity index (χ4v) is 3.45. The van der Waals surface area contributed by atoms with Crippen LogP contribution in [0.25, 0.3) is 0 Å². The van der Waals surface area contributed by atoms with Crippen molar-refractivity contribution < 1.29 is 9.94 Å². The van der Waals surface area contributed by atoms with E-state index >= 15 is 0 Å². The number of ether oxygens (including phenoxy) is 1. The second kappa shape index (κ2) is 8.82. The lowest BCUT2D eigenvalue weighted by molar-refractivity contribution is 0.317. The zero-order valence-electron chi connectivity index (χ0n) is 15.3. The van der Waals surface area contributed by atoms with Crippen LogP contribution in [0.3, 0.4) is 0 Å². The summed E-state index contributed by atoms with van der Waals surface area (Å²) in [5.41, 5.74) is 4.96. The maximum Gasteiger partial charge on any atom is 0.213 e. The maximum atomic E-state index is 9.72. The molecule has 0 aliphatic carbocycles. The molecule has 0 aliphatic rings. The Morgan fingerprint density at radius 2 is 1.89 bits per heavy atom. The molecule has 0 aliphatic heterocycles. The van der Waals surface area contributed by atoms with E-state index in [0.717, 1.165) is 15.6 Å². The predicted octanol–water partition coefficient (Wildman–Crippen LogP) is 5.56. The largest absolute Gasteiger partial charge is 0.481 e. The molecule has 2 aromatic carbocycles. The Morgan fingerprint density at radius 1 is 1.15 bits per heavy atom. The van der Waals surface area contributed by atoms with Crippen LogP contribution in [0.5, 0.6) is 5.88 Å². The number of nitrogens with zero attached hydrogens (tertiary/aromatic N) is 2. The quantitative estimate of drug-likeness (QED) is 0.320. The van der Waals surface area contributed by atoms with E-state index in [0.29, 0.717) is 18.0 Å². The van der Waals surface area contributed by atoms with Gasteiger partial charge in [-0.25, -0.2) is 4.98 Å². The SMILES string of the molecule is COc1cc(/C(CC(c2ccc(Br)cc2)c2ccccc2C)=N/O)ccn1. The van der Waals surface area contributed by atoms with Crippen LogP contribution in [0.4, 0.5) is 0 Å². The number of hydrogen-bond acceptors (Lipinski definition) is 4. The first-order valence-electron chi connectivity index (χ1n) is 8.64. The molecule has 5 heteroatoms. The van der Waals surface area contributed by atoms with E-state index in [1.165, 1.54) is 11.1 Å². The summed E-state index contributed by atoms with van der Waals surface area (Å²) >= 11 is 3.50. The summed E-state index contributed by atoms with van der Waals surface area (Å²) in [5, 5.41) is 13.3. The monoisotopic (exact) mass is 424 g/mol. The minimum absolute atomic E-state index is 0.0596. The van der Waals surface area contributed by atoms with Gasteiger partial charge in [-0.2, -0.15) is 0 Å². The molecule has 1 aromatic heterocycles. The highest BCUT2D eigenvalue weighted by atomic mass is 79.9. The summed E-state index contributed by atoms with van der Waals surface area (Å²) in [4.78, 5) is 4.13. The van der Waals surface area contributed by atoms with Crippen LogP contribution in [0, 0.1) is 6.92 Å². The minimum atomic E-state index is 0.0596. The van der Waals surface area contributed by atoms with Gasteiger partial charge in [0.15, 0.2) is 0 Å². The third-order valence-corrected chi connectivity index (χ3v) is 5.16. The summed E-state index contributed by atoms with van der Waals surface area (Å²) in [6.45, 7) is 2.10. The van der Waals surface area contributed by atoms with Gasteiger partial charge in [0.05, 0.1) is 12.8 Å². The smallest absolute Gasteiger partial charge is 0.213 e. The molecule has 0 spiro atoms. The van der Waals surface area contributed by atoms with Gasteiger partial charge in [0.2, 0.25) is 5.88 Å². The van der Waals surface area contributed by atoms with Crippen molar-refractivity contribution in [2.75, 3.05) is 7.11 Å². The molecular formula is C22H21BrN2O2. The Kier molecular flexibility index (Phi) is 6.24. The van der Waals surface area contributed by atoms with Gasteiger partial charge in [-0.05, 0) is 41.8 Å². The number of hydrogen-bond donors (Lipinski definition) is 1. The topological polar surface area (TPSA) is 54.7 Å². The van der Waals surface area contributed by atoms with Gasteiger partial charge in [0.25, 0.3) is 0 Å². The third-order valence-electron chi connectivity index (χ3n) is 4.63. The first-order valence-corrected chi connectivity index (χ1v) is 9.44. The summed E-state index contributed by atoms with van der Waals surface area (Å²) in [7, 11) is 1.57. The molecule has 1 unspecified atom stereocenters. The number of methoxy groups -OCH3 is 1. The van der Waals surface area contributed by atoms with Gasteiger partial charge < -0.3 is 9.94 Å². The number of halogens is 1. The molecule has 0 radical (unpaired) electrons. The molecule has 1 atom stereocenters. The Bertz CT molecular complexity index is 939. The van der Waals surface area contributed by atoms with Crippen molar-refractivity contribution in [1.29, 1.82) is 0 Å². The van der Waals surface area contributed by atoms with Gasteiger partial charge >= 0.3 is 0 Å². The van der Waals surface area contributed by atoms with E-state index in [4.69, 9.17) is 4.74 Å². The van der Waals surface area contributed by atoms with Gasteiger partial charge in [0.1, 0.15) is 0 Å². The van der Waals surface area contributed by atoms with E-state index in [2.05, 4.69) is 57.3 Å². The van der Waals surface area contributed by atoms with Crippen LogP contribution in [-0.2, 0) is 0 Å². The molecule has 27 heavy (non-hydrogen) atoms. The van der Waals surface area contributed by atoms with E-state index in [9.17, 15) is 5.21 Å². The summed E-state index contributed by atoms with van der Waals surface area (Å²) in [6.07, 6.45) is 2.21. The molecule has 1 heterocycles. The van der Waals surface area contributed by atoms with E-state index in [1.807, 2.05) is 30.3 Å². The number of oxime groups is 1. The Labute approximate surface area is 167 Å². The second-order valence-corrected chi connectivity index (χ2v) is 7.21. The Balaban J connectivity index is 2.02. The summed E-state index contributed by atoms with van der Waals surface area (Å²) < 4.78 is 6.24. The molecular weight excluding hydrogens is 404 g/mol. The third kappa shape index (κ3) is 4.55. The van der Waals surface area contributed by atoms with Crippen LogP contribution < -0.4 is 4.74 Å². The molecule has 0 saturated carbocycles. The molecule has 138 valence electrons. The molecule has 0 amide bonds. The number of rotatable bonds is 6. The van der Waals surface area contributed by atoms with Crippen molar-refractivity contribution in [3.05, 3.63) is 93.6 Å². The zero-order chi connectivity index (χ0) is 19.2. The van der Waals surface area contributed by atoms with Crippen molar-refractivity contribution in [3.8, 4) is 5.88 Å². The van der Waals surface area contributed by atoms with Crippen LogP contribution in [0.1, 0.15) is 34.6 Å². The number of benzene rings is 2. The van der Waals surface area contributed by atoms with Gasteiger partial charge in [-0.15, -0.1) is 0 Å². The minimum Gasteiger partial charge on any atom is -0.481 e. The molecule has 3 rings (SSSR count). The predicted molar refractivity (Wildman–Crippen MR) is 111 cm³/mol. The first kappa shape index (κ1) is 19.1. The van der Waals surface area contributed by atoms with Gasteiger partial charge in [-0.1, -0.05) is 57.5 Å². The van der Waals surface area contributed by atoms with E-state index in [1.54, 1.807) is 19.4 Å². The Morgan fingerprint density at radius 3 is 2.56 bits per heavy atom. The fraction of sp³-hybridized carbons (Fsp3) is 0.182. The summed E-state index contributed by atoms with van der Waals surface area (Å²) in [6, 6.07) is 20.2. The number of aryl methyl sites for hydroxylation is 1. The molecule has 0 fully saturated rings. The van der Waals surface area contributed by atoms with Gasteiger partial charge in [-0.3, -0.25) is 0 Å². The molecule has 3 aromatic rings. The van der Waals surface area contributed by atoms with Crippen molar-refractivity contribution in [3.63, 3.8) is 0 Å². The standard InChI is InChI=1S/C22H21BrN2O2/c1-15-5-3-4-6-19(15)20(16-7-9-18(23)10-8-16)14-21(25-26)17-11-12-24-22(13-17)27-2/h3-13,20,26H,14H2,1-2H3/b25-21+. The van der Waals surface area contributed by atoms with Crippen molar-refractivity contribution in [2.45, 2.75) is 19.3 Å². The summed E-state index contributed by atoms with van der Waals surface area (Å²) in [5.74, 6) is 0.550. The van der Waals surface area contributed by atoms with Crippen molar-refractivity contribution in [2.24, 2.45) is 5.16 Å².